The highest BCUT2D eigenvalue weighted by atomic mass is 31.2. The molecule has 0 saturated carbocycles. The molecule has 0 spiro atoms. The molecule has 26 heavy (non-hydrogen) atoms. The summed E-state index contributed by atoms with van der Waals surface area (Å²) in [5.74, 6) is -1.26. The van der Waals surface area contributed by atoms with E-state index in [0.717, 1.165) is 17.1 Å². The molecule has 0 aliphatic heterocycles. The number of nitrogens with two attached hydrogens (primary N) is 1. The normalized spacial score (nSPS) is 16.1. The minimum Gasteiger partial charge on any atom is -0.480 e. The Morgan fingerprint density at radius 1 is 1.00 bits per heavy atom. The average molecular weight is 414 g/mol. The molecule has 0 aliphatic carbocycles. The molecule has 0 aromatic carbocycles. The fraction of sp³-hybridized carbons (Fsp3) is 0.643. The zero-order valence-corrected chi connectivity index (χ0v) is 16.2. The van der Waals surface area contributed by atoms with Crippen LogP contribution < -0.4 is 5.73 Å². The largest absolute Gasteiger partial charge is 0.480 e. The first kappa shape index (κ1) is 25.2. The first-order chi connectivity index (χ1) is 11.9. The summed E-state index contributed by atoms with van der Waals surface area (Å²) >= 11 is 0. The zero-order valence-electron chi connectivity index (χ0n) is 14.4. The van der Waals surface area contributed by atoms with E-state index in [1.54, 1.807) is 0 Å². The molecule has 7 N–H and O–H groups in total. The Bertz CT molecular complexity index is 537. The molecule has 152 valence electrons. The lowest BCUT2D eigenvalue weighted by molar-refractivity contribution is -0.143. The van der Waals surface area contributed by atoms with Crippen molar-refractivity contribution in [3.05, 3.63) is 25.3 Å². The van der Waals surface area contributed by atoms with Crippen LogP contribution in [0.15, 0.2) is 25.3 Å². The lowest BCUT2D eigenvalue weighted by atomic mass is 10.1. The van der Waals surface area contributed by atoms with Gasteiger partial charge in [-0.05, 0) is 19.4 Å². The van der Waals surface area contributed by atoms with E-state index in [1.165, 1.54) is 0 Å². The minimum atomic E-state index is -4.62. The standard InChI is InChI=1S/C14H28N2O8P2/c1-3-11(25(19,20)21)9-16(10-12(4-2)26(22,23)24)13(14(17)18)7-5-6-8-15/h3-4,11-13H,1-2,5-10,15H2,(H,17,18)(H2,19,20,21)(H2,22,23,24). The minimum absolute atomic E-state index is 0.114. The lowest BCUT2D eigenvalue weighted by Gasteiger charge is -2.33. The van der Waals surface area contributed by atoms with Crippen LogP contribution in [0.5, 0.6) is 0 Å². The van der Waals surface area contributed by atoms with Gasteiger partial charge in [-0.3, -0.25) is 18.8 Å². The van der Waals surface area contributed by atoms with Crippen LogP contribution in [0.1, 0.15) is 19.3 Å². The summed E-state index contributed by atoms with van der Waals surface area (Å²) < 4.78 is 23.1. The summed E-state index contributed by atoms with van der Waals surface area (Å²) in [7, 11) is -9.23. The molecule has 0 bridgehead atoms. The molecule has 0 fully saturated rings. The van der Waals surface area contributed by atoms with Crippen LogP contribution in [0.3, 0.4) is 0 Å². The van der Waals surface area contributed by atoms with E-state index in [1.807, 2.05) is 0 Å². The van der Waals surface area contributed by atoms with E-state index in [4.69, 9.17) is 5.73 Å². The molecule has 0 heterocycles. The summed E-state index contributed by atoms with van der Waals surface area (Å²) in [4.78, 5) is 50.4. The predicted octanol–water partition coefficient (Wildman–Crippen LogP) is 0.335. The Balaban J connectivity index is 5.70. The fourth-order valence-electron chi connectivity index (χ4n) is 2.39. The maximum atomic E-state index is 11.7. The van der Waals surface area contributed by atoms with E-state index >= 15 is 0 Å². The monoisotopic (exact) mass is 414 g/mol. The van der Waals surface area contributed by atoms with Gasteiger partial charge in [0.15, 0.2) is 0 Å². The van der Waals surface area contributed by atoms with E-state index in [-0.39, 0.29) is 6.42 Å². The molecule has 10 nitrogen and oxygen atoms in total. The highest BCUT2D eigenvalue weighted by molar-refractivity contribution is 7.53. The number of unbranched alkanes of at least 4 members (excludes halogenated alkanes) is 1. The predicted molar refractivity (Wildman–Crippen MR) is 98.0 cm³/mol. The van der Waals surface area contributed by atoms with Crippen molar-refractivity contribution in [1.82, 2.24) is 4.90 Å². The van der Waals surface area contributed by atoms with E-state index < -0.39 is 51.6 Å². The molecule has 0 saturated heterocycles. The summed E-state index contributed by atoms with van der Waals surface area (Å²) in [5, 5.41) is 9.51. The van der Waals surface area contributed by atoms with Gasteiger partial charge in [0.1, 0.15) is 6.04 Å². The maximum absolute atomic E-state index is 11.7. The van der Waals surface area contributed by atoms with Gasteiger partial charge < -0.3 is 30.4 Å². The van der Waals surface area contributed by atoms with Gasteiger partial charge in [0.25, 0.3) is 0 Å². The van der Waals surface area contributed by atoms with Gasteiger partial charge >= 0.3 is 21.2 Å². The SMILES string of the molecule is C=CC(CN(CC(C=C)P(=O)(O)O)C(CCCCN)C(=O)O)P(=O)(O)O. The van der Waals surface area contributed by atoms with Crippen LogP contribution in [-0.4, -0.2) is 72.5 Å². The lowest BCUT2D eigenvalue weighted by Crippen LogP contribution is -2.47. The second-order valence-electron chi connectivity index (χ2n) is 5.88. The first-order valence-corrected chi connectivity index (χ1v) is 11.3. The van der Waals surface area contributed by atoms with Gasteiger partial charge in [-0.15, -0.1) is 13.2 Å². The van der Waals surface area contributed by atoms with Gasteiger partial charge in [0.2, 0.25) is 0 Å². The van der Waals surface area contributed by atoms with E-state index in [9.17, 15) is 38.6 Å². The van der Waals surface area contributed by atoms with Crippen LogP contribution in [-0.2, 0) is 13.9 Å². The van der Waals surface area contributed by atoms with Crippen molar-refractivity contribution in [2.24, 2.45) is 5.73 Å². The Morgan fingerprint density at radius 3 is 1.69 bits per heavy atom. The molecule has 0 aromatic heterocycles. The van der Waals surface area contributed by atoms with Crippen molar-refractivity contribution in [2.75, 3.05) is 19.6 Å². The number of aliphatic carboxylic acids is 1. The highest BCUT2D eigenvalue weighted by Crippen LogP contribution is 2.44. The molecular formula is C14H28N2O8P2. The molecule has 0 aromatic rings. The molecule has 3 atom stereocenters. The van der Waals surface area contributed by atoms with Crippen LogP contribution in [0.25, 0.3) is 0 Å². The zero-order chi connectivity index (χ0) is 20.5. The summed E-state index contributed by atoms with van der Waals surface area (Å²) in [6, 6.07) is -1.19. The summed E-state index contributed by atoms with van der Waals surface area (Å²) in [5.41, 5.74) is 2.64. The number of hydrogen-bond donors (Lipinski definition) is 6. The Morgan fingerprint density at radius 2 is 1.42 bits per heavy atom. The van der Waals surface area contributed by atoms with Gasteiger partial charge in [-0.2, -0.15) is 0 Å². The van der Waals surface area contributed by atoms with Crippen molar-refractivity contribution in [3.8, 4) is 0 Å². The number of rotatable bonds is 14. The third-order valence-electron chi connectivity index (χ3n) is 3.91. The quantitative estimate of drug-likeness (QED) is 0.132. The topological polar surface area (TPSA) is 182 Å². The van der Waals surface area contributed by atoms with Crippen LogP contribution in [0, 0.1) is 0 Å². The molecule has 12 heteroatoms. The summed E-state index contributed by atoms with van der Waals surface area (Å²) in [6.45, 7) is 6.21. The Kier molecular flexibility index (Phi) is 10.8. The van der Waals surface area contributed by atoms with Crippen molar-refractivity contribution >= 4 is 21.2 Å². The third kappa shape index (κ3) is 8.70. The number of nitrogens with zero attached hydrogens (tertiary/aromatic N) is 1. The third-order valence-corrected chi connectivity index (χ3v) is 6.39. The van der Waals surface area contributed by atoms with Crippen LogP contribution >= 0.6 is 15.2 Å². The number of carbonyl (C=O) groups is 1. The second kappa shape index (κ2) is 11.1. The van der Waals surface area contributed by atoms with E-state index in [2.05, 4.69) is 13.2 Å². The Labute approximate surface area is 152 Å². The summed E-state index contributed by atoms with van der Waals surface area (Å²) in [6.07, 6.45) is 3.11. The van der Waals surface area contributed by atoms with Crippen molar-refractivity contribution in [3.63, 3.8) is 0 Å². The van der Waals surface area contributed by atoms with Crippen molar-refractivity contribution in [1.29, 1.82) is 0 Å². The van der Waals surface area contributed by atoms with Gasteiger partial charge in [-0.1, -0.05) is 18.6 Å². The number of carboxylic acids is 1. The van der Waals surface area contributed by atoms with E-state index in [0.29, 0.717) is 19.4 Å². The molecular weight excluding hydrogens is 386 g/mol. The fourth-order valence-corrected chi connectivity index (χ4v) is 3.78. The van der Waals surface area contributed by atoms with Crippen molar-refractivity contribution in [2.45, 2.75) is 36.6 Å². The molecule has 3 unspecified atom stereocenters. The molecule has 0 rings (SSSR count). The maximum Gasteiger partial charge on any atom is 0.333 e. The number of carboxylic acid groups (broad SMARTS) is 1. The molecule has 0 amide bonds. The van der Waals surface area contributed by atoms with Gasteiger partial charge in [0.05, 0.1) is 11.3 Å². The molecule has 0 aliphatic rings. The van der Waals surface area contributed by atoms with Crippen LogP contribution in [0.4, 0.5) is 0 Å². The van der Waals surface area contributed by atoms with Gasteiger partial charge in [0, 0.05) is 13.1 Å². The Hall–Kier alpha value is -0.830. The van der Waals surface area contributed by atoms with Crippen molar-refractivity contribution < 1.29 is 38.6 Å². The van der Waals surface area contributed by atoms with Gasteiger partial charge in [-0.25, -0.2) is 0 Å². The number of hydrogen-bond acceptors (Lipinski definition) is 5. The average Bonchev–Trinajstić information content (AvgIpc) is 2.49. The van der Waals surface area contributed by atoms with Crippen LogP contribution in [0.2, 0.25) is 0 Å². The molecule has 0 radical (unpaired) electrons. The first-order valence-electron chi connectivity index (χ1n) is 7.90. The second-order valence-corrected chi connectivity index (χ2v) is 9.56. The highest BCUT2D eigenvalue weighted by Gasteiger charge is 2.37. The smallest absolute Gasteiger partial charge is 0.333 e.